The normalized spacial score (nSPS) is 11.1. The van der Waals surface area contributed by atoms with Gasteiger partial charge in [0.05, 0.1) is 5.01 Å². The van der Waals surface area contributed by atoms with Crippen molar-refractivity contribution in [1.29, 1.82) is 0 Å². The zero-order valence-corrected chi connectivity index (χ0v) is 11.6. The first-order chi connectivity index (χ1) is 9.22. The highest BCUT2D eigenvalue weighted by Crippen LogP contribution is 2.12. The molecule has 3 aromatic rings. The monoisotopic (exact) mass is 274 g/mol. The van der Waals surface area contributed by atoms with E-state index in [-0.39, 0.29) is 0 Å². The van der Waals surface area contributed by atoms with Crippen LogP contribution in [0.2, 0.25) is 0 Å². The maximum absolute atomic E-state index is 4.43. The standard InChI is InChI=1S/C12H14N6S/c1-8-7-14-12(19-8)5-6-13-10-3-4-11-16-15-9(2)18(11)17-10/h3-4,7H,5-6H2,1-2H3,(H,13,17). The van der Waals surface area contributed by atoms with Crippen molar-refractivity contribution in [3.63, 3.8) is 0 Å². The van der Waals surface area contributed by atoms with Crippen LogP contribution in [0.5, 0.6) is 0 Å². The van der Waals surface area contributed by atoms with Crippen LogP contribution in [-0.4, -0.2) is 31.3 Å². The molecule has 0 unspecified atom stereocenters. The summed E-state index contributed by atoms with van der Waals surface area (Å²) < 4.78 is 1.73. The summed E-state index contributed by atoms with van der Waals surface area (Å²) >= 11 is 1.73. The van der Waals surface area contributed by atoms with Gasteiger partial charge in [-0.25, -0.2) is 4.98 Å². The molecule has 0 aliphatic rings. The summed E-state index contributed by atoms with van der Waals surface area (Å²) in [4.78, 5) is 5.58. The molecule has 3 heterocycles. The SMILES string of the molecule is Cc1cnc(CCNc2ccc3nnc(C)n3n2)s1. The lowest BCUT2D eigenvalue weighted by Gasteiger charge is -2.04. The lowest BCUT2D eigenvalue weighted by Crippen LogP contribution is -2.08. The quantitative estimate of drug-likeness (QED) is 0.786. The number of nitrogens with one attached hydrogen (secondary N) is 1. The number of nitrogens with zero attached hydrogens (tertiary/aromatic N) is 5. The van der Waals surface area contributed by atoms with Crippen molar-refractivity contribution in [3.05, 3.63) is 34.0 Å². The van der Waals surface area contributed by atoms with Crippen molar-refractivity contribution < 1.29 is 0 Å². The van der Waals surface area contributed by atoms with E-state index in [0.717, 1.165) is 35.3 Å². The van der Waals surface area contributed by atoms with Gasteiger partial charge in [0.15, 0.2) is 11.5 Å². The van der Waals surface area contributed by atoms with Crippen LogP contribution in [0, 0.1) is 13.8 Å². The number of aromatic nitrogens is 5. The molecule has 98 valence electrons. The fourth-order valence-corrected chi connectivity index (χ4v) is 2.59. The molecule has 0 aliphatic carbocycles. The Labute approximate surface area is 114 Å². The molecule has 3 rings (SSSR count). The second-order valence-corrected chi connectivity index (χ2v) is 5.60. The van der Waals surface area contributed by atoms with Crippen molar-refractivity contribution in [2.45, 2.75) is 20.3 Å². The van der Waals surface area contributed by atoms with E-state index < -0.39 is 0 Å². The van der Waals surface area contributed by atoms with Crippen molar-refractivity contribution in [3.8, 4) is 0 Å². The van der Waals surface area contributed by atoms with E-state index in [1.165, 1.54) is 4.88 Å². The molecule has 3 aromatic heterocycles. The molecular weight excluding hydrogens is 260 g/mol. The Morgan fingerprint density at radius 1 is 1.26 bits per heavy atom. The second kappa shape index (κ2) is 4.93. The lowest BCUT2D eigenvalue weighted by molar-refractivity contribution is 0.867. The number of anilines is 1. The third kappa shape index (κ3) is 2.55. The first-order valence-electron chi connectivity index (χ1n) is 6.06. The van der Waals surface area contributed by atoms with E-state index in [2.05, 4.69) is 32.5 Å². The van der Waals surface area contributed by atoms with Gasteiger partial charge in [-0.15, -0.1) is 26.6 Å². The first kappa shape index (κ1) is 12.0. The maximum atomic E-state index is 4.43. The van der Waals surface area contributed by atoms with Crippen LogP contribution < -0.4 is 5.32 Å². The van der Waals surface area contributed by atoms with Gasteiger partial charge in [-0.1, -0.05) is 0 Å². The van der Waals surface area contributed by atoms with E-state index >= 15 is 0 Å². The topological polar surface area (TPSA) is 68.0 Å². The highest BCUT2D eigenvalue weighted by Gasteiger charge is 2.03. The molecule has 6 nitrogen and oxygen atoms in total. The third-order valence-electron chi connectivity index (χ3n) is 2.73. The molecule has 0 aliphatic heterocycles. The molecule has 0 saturated carbocycles. The fraction of sp³-hybridized carbons (Fsp3) is 0.333. The molecule has 0 spiro atoms. The van der Waals surface area contributed by atoms with Crippen LogP contribution in [0.1, 0.15) is 15.7 Å². The van der Waals surface area contributed by atoms with Crippen molar-refractivity contribution in [2.75, 3.05) is 11.9 Å². The average molecular weight is 274 g/mol. The largest absolute Gasteiger partial charge is 0.368 e. The molecule has 1 N–H and O–H groups in total. The molecule has 0 saturated heterocycles. The molecule has 0 atom stereocenters. The Hall–Kier alpha value is -2.02. The van der Waals surface area contributed by atoms with Crippen molar-refractivity contribution in [1.82, 2.24) is 24.8 Å². The van der Waals surface area contributed by atoms with Gasteiger partial charge in [0.2, 0.25) is 0 Å². The number of hydrogen-bond donors (Lipinski definition) is 1. The smallest absolute Gasteiger partial charge is 0.178 e. The molecule has 19 heavy (non-hydrogen) atoms. The minimum atomic E-state index is 0.763. The molecule has 0 fully saturated rings. The summed E-state index contributed by atoms with van der Waals surface area (Å²) in [5, 5.41) is 16.9. The van der Waals surface area contributed by atoms with Gasteiger partial charge < -0.3 is 5.32 Å². The minimum Gasteiger partial charge on any atom is -0.368 e. The van der Waals surface area contributed by atoms with Gasteiger partial charge in [0.25, 0.3) is 0 Å². The summed E-state index contributed by atoms with van der Waals surface area (Å²) in [6, 6.07) is 3.82. The van der Waals surface area contributed by atoms with Gasteiger partial charge in [-0.05, 0) is 26.0 Å². The van der Waals surface area contributed by atoms with Crippen LogP contribution in [0.4, 0.5) is 5.82 Å². The van der Waals surface area contributed by atoms with Crippen LogP contribution in [-0.2, 0) is 6.42 Å². The highest BCUT2D eigenvalue weighted by atomic mass is 32.1. The summed E-state index contributed by atoms with van der Waals surface area (Å²) in [5.41, 5.74) is 0.763. The highest BCUT2D eigenvalue weighted by molar-refractivity contribution is 7.11. The fourth-order valence-electron chi connectivity index (χ4n) is 1.80. The first-order valence-corrected chi connectivity index (χ1v) is 6.88. The summed E-state index contributed by atoms with van der Waals surface area (Å²) in [5.74, 6) is 1.61. The van der Waals surface area contributed by atoms with E-state index in [1.54, 1.807) is 15.9 Å². The number of rotatable bonds is 4. The Kier molecular flexibility index (Phi) is 3.12. The Morgan fingerprint density at radius 3 is 2.95 bits per heavy atom. The predicted molar refractivity (Wildman–Crippen MR) is 74.6 cm³/mol. The van der Waals surface area contributed by atoms with Crippen molar-refractivity contribution >= 4 is 22.8 Å². The summed E-state index contributed by atoms with van der Waals surface area (Å²) in [6.07, 6.45) is 2.81. The van der Waals surface area contributed by atoms with Crippen LogP contribution in [0.3, 0.4) is 0 Å². The van der Waals surface area contributed by atoms with E-state index in [4.69, 9.17) is 0 Å². The van der Waals surface area contributed by atoms with Gasteiger partial charge in [-0.3, -0.25) is 0 Å². The van der Waals surface area contributed by atoms with E-state index in [0.29, 0.717) is 0 Å². The molecule has 7 heteroatoms. The van der Waals surface area contributed by atoms with E-state index in [1.807, 2.05) is 25.3 Å². The van der Waals surface area contributed by atoms with Gasteiger partial charge in [-0.2, -0.15) is 4.52 Å². The molecule has 0 aromatic carbocycles. The van der Waals surface area contributed by atoms with Gasteiger partial charge >= 0.3 is 0 Å². The predicted octanol–water partition coefficient (Wildman–Crippen LogP) is 1.85. The number of thiazole rings is 1. The second-order valence-electron chi connectivity index (χ2n) is 4.28. The zero-order chi connectivity index (χ0) is 13.2. The van der Waals surface area contributed by atoms with Crippen LogP contribution in [0.15, 0.2) is 18.3 Å². The Bertz CT molecular complexity index is 701. The van der Waals surface area contributed by atoms with Gasteiger partial charge in [0, 0.05) is 24.0 Å². The summed E-state index contributed by atoms with van der Waals surface area (Å²) in [6.45, 7) is 4.76. The zero-order valence-electron chi connectivity index (χ0n) is 10.8. The van der Waals surface area contributed by atoms with Gasteiger partial charge in [0.1, 0.15) is 5.82 Å². The molecule has 0 bridgehead atoms. The summed E-state index contributed by atoms with van der Waals surface area (Å²) in [7, 11) is 0. The van der Waals surface area contributed by atoms with Crippen molar-refractivity contribution in [2.24, 2.45) is 0 Å². The van der Waals surface area contributed by atoms with Crippen LogP contribution >= 0.6 is 11.3 Å². The van der Waals surface area contributed by atoms with Crippen LogP contribution in [0.25, 0.3) is 5.65 Å². The number of fused-ring (bicyclic) bond motifs is 1. The molecule has 0 radical (unpaired) electrons. The molecular formula is C12H14N6S. The Morgan fingerprint density at radius 2 is 2.16 bits per heavy atom. The third-order valence-corrected chi connectivity index (χ3v) is 3.71. The number of aryl methyl sites for hydroxylation is 2. The minimum absolute atomic E-state index is 0.763. The average Bonchev–Trinajstić information content (AvgIpc) is 2.97. The number of hydrogen-bond acceptors (Lipinski definition) is 6. The maximum Gasteiger partial charge on any atom is 0.178 e. The molecule has 0 amide bonds. The van der Waals surface area contributed by atoms with E-state index in [9.17, 15) is 0 Å². The lowest BCUT2D eigenvalue weighted by atomic mass is 10.4. The Balaban J connectivity index is 1.66.